The zero-order chi connectivity index (χ0) is 12.8. The van der Waals surface area contributed by atoms with Gasteiger partial charge in [-0.15, -0.1) is 12.4 Å². The molecule has 1 heterocycles. The van der Waals surface area contributed by atoms with Gasteiger partial charge in [-0.2, -0.15) is 0 Å². The van der Waals surface area contributed by atoms with E-state index in [2.05, 4.69) is 10.6 Å². The molecular weight excluding hydrogens is 264 g/mol. The van der Waals surface area contributed by atoms with Gasteiger partial charge >= 0.3 is 0 Å². The molecule has 2 atom stereocenters. The number of rotatable bonds is 4. The first kappa shape index (κ1) is 16.7. The number of piperidine rings is 1. The molecule has 3 N–H and O–H groups in total. The topological polar surface area (TPSA) is 61.4 Å². The van der Waals surface area contributed by atoms with Gasteiger partial charge in [-0.1, -0.05) is 12.8 Å². The maximum absolute atomic E-state index is 11.9. The third kappa shape index (κ3) is 5.67. The number of carbonyl (C=O) groups excluding carboxylic acids is 1. The summed E-state index contributed by atoms with van der Waals surface area (Å²) in [7, 11) is 0. The fourth-order valence-corrected chi connectivity index (χ4v) is 3.06. The first-order chi connectivity index (χ1) is 8.75. The van der Waals surface area contributed by atoms with Gasteiger partial charge in [0.25, 0.3) is 0 Å². The van der Waals surface area contributed by atoms with Crippen LogP contribution in [0.3, 0.4) is 0 Å². The second kappa shape index (κ2) is 8.77. The summed E-state index contributed by atoms with van der Waals surface area (Å²) in [4.78, 5) is 11.9. The van der Waals surface area contributed by atoms with Crippen molar-refractivity contribution >= 4 is 18.3 Å². The van der Waals surface area contributed by atoms with Crippen molar-refractivity contribution in [2.45, 2.75) is 63.5 Å². The van der Waals surface area contributed by atoms with Crippen LogP contribution in [0.25, 0.3) is 0 Å². The lowest BCUT2D eigenvalue weighted by atomic mass is 9.91. The van der Waals surface area contributed by atoms with E-state index in [9.17, 15) is 9.90 Å². The van der Waals surface area contributed by atoms with Crippen molar-refractivity contribution in [3.05, 3.63) is 0 Å². The lowest BCUT2D eigenvalue weighted by molar-refractivity contribution is -0.123. The normalized spacial score (nSPS) is 28.5. The summed E-state index contributed by atoms with van der Waals surface area (Å²) in [6.07, 6.45) is 7.64. The zero-order valence-electron chi connectivity index (χ0n) is 11.6. The molecule has 0 aromatic rings. The van der Waals surface area contributed by atoms with Crippen LogP contribution in [0.4, 0.5) is 0 Å². The predicted molar refractivity (Wildman–Crippen MR) is 78.5 cm³/mol. The number of halogens is 1. The molecule has 0 bridgehead atoms. The quantitative estimate of drug-likeness (QED) is 0.737. The number of amides is 1. The average Bonchev–Trinajstić information content (AvgIpc) is 2.40. The second-order valence-electron chi connectivity index (χ2n) is 5.76. The maximum atomic E-state index is 11.9. The molecule has 0 spiro atoms. The van der Waals surface area contributed by atoms with Crippen LogP contribution in [0.2, 0.25) is 0 Å². The molecule has 2 aliphatic rings. The van der Waals surface area contributed by atoms with Crippen LogP contribution in [-0.2, 0) is 4.79 Å². The van der Waals surface area contributed by atoms with Gasteiger partial charge in [0.05, 0.1) is 12.1 Å². The average molecular weight is 291 g/mol. The highest BCUT2D eigenvalue weighted by atomic mass is 35.5. The Hall–Kier alpha value is -0.320. The smallest absolute Gasteiger partial charge is 0.220 e. The number of carbonyl (C=O) groups is 1. The number of nitrogens with one attached hydrogen (secondary N) is 2. The highest BCUT2D eigenvalue weighted by Gasteiger charge is 2.24. The van der Waals surface area contributed by atoms with Gasteiger partial charge in [0.2, 0.25) is 5.91 Å². The second-order valence-corrected chi connectivity index (χ2v) is 5.76. The molecule has 1 saturated heterocycles. The molecule has 1 amide bonds. The first-order valence-electron chi connectivity index (χ1n) is 7.44. The molecule has 4 nitrogen and oxygen atoms in total. The van der Waals surface area contributed by atoms with Gasteiger partial charge < -0.3 is 15.7 Å². The molecule has 0 radical (unpaired) electrons. The minimum Gasteiger partial charge on any atom is -0.391 e. The van der Waals surface area contributed by atoms with Crippen LogP contribution in [0.15, 0.2) is 0 Å². The minimum atomic E-state index is -0.332. The van der Waals surface area contributed by atoms with Crippen molar-refractivity contribution in [2.24, 2.45) is 5.92 Å². The molecule has 0 aromatic heterocycles. The third-order valence-electron chi connectivity index (χ3n) is 4.31. The van der Waals surface area contributed by atoms with Crippen molar-refractivity contribution in [1.29, 1.82) is 0 Å². The summed E-state index contributed by atoms with van der Waals surface area (Å²) in [5.41, 5.74) is 0. The van der Waals surface area contributed by atoms with Crippen molar-refractivity contribution in [3.63, 3.8) is 0 Å². The Kier molecular flexibility index (Phi) is 7.73. The SMILES string of the molecule is Cl.O=C(CCC1CCNCC1)N[C@H]1CCCC[C@@H]1O. The zero-order valence-corrected chi connectivity index (χ0v) is 12.4. The van der Waals surface area contributed by atoms with Crippen LogP contribution in [-0.4, -0.2) is 36.2 Å². The number of aliphatic hydroxyl groups is 1. The highest BCUT2D eigenvalue weighted by molar-refractivity contribution is 5.85. The summed E-state index contributed by atoms with van der Waals surface area (Å²) < 4.78 is 0. The molecule has 5 heteroatoms. The van der Waals surface area contributed by atoms with Gasteiger partial charge in [0, 0.05) is 6.42 Å². The summed E-state index contributed by atoms with van der Waals surface area (Å²) >= 11 is 0. The van der Waals surface area contributed by atoms with E-state index >= 15 is 0 Å². The van der Waals surface area contributed by atoms with E-state index in [4.69, 9.17) is 0 Å². The molecular formula is C14H27ClN2O2. The standard InChI is InChI=1S/C14H26N2O2.ClH/c17-13-4-2-1-3-12(13)16-14(18)6-5-11-7-9-15-10-8-11;/h11-13,15,17H,1-10H2,(H,16,18);1H/t12-,13-;/m0./s1. The van der Waals surface area contributed by atoms with Gasteiger partial charge in [-0.25, -0.2) is 0 Å². The number of aliphatic hydroxyl groups excluding tert-OH is 1. The lowest BCUT2D eigenvalue weighted by Crippen LogP contribution is -2.45. The molecule has 0 aromatic carbocycles. The summed E-state index contributed by atoms with van der Waals surface area (Å²) in [6, 6.07) is -0.000674. The molecule has 2 fully saturated rings. The Bertz CT molecular complexity index is 270. The monoisotopic (exact) mass is 290 g/mol. The lowest BCUT2D eigenvalue weighted by Gasteiger charge is -2.28. The third-order valence-corrected chi connectivity index (χ3v) is 4.31. The first-order valence-corrected chi connectivity index (χ1v) is 7.44. The molecule has 1 aliphatic carbocycles. The predicted octanol–water partition coefficient (Wildman–Crippen LogP) is 1.61. The van der Waals surface area contributed by atoms with Gasteiger partial charge in [-0.05, 0) is 51.1 Å². The van der Waals surface area contributed by atoms with E-state index in [1.165, 1.54) is 12.8 Å². The fraction of sp³-hybridized carbons (Fsp3) is 0.929. The Balaban J connectivity index is 0.00000180. The molecule has 112 valence electrons. The molecule has 19 heavy (non-hydrogen) atoms. The Labute approximate surface area is 122 Å². The van der Waals surface area contributed by atoms with E-state index < -0.39 is 0 Å². The molecule has 2 rings (SSSR count). The summed E-state index contributed by atoms with van der Waals surface area (Å²) in [6.45, 7) is 2.18. The molecule has 1 aliphatic heterocycles. The van der Waals surface area contributed by atoms with Crippen LogP contribution in [0.1, 0.15) is 51.4 Å². The van der Waals surface area contributed by atoms with E-state index in [1.807, 2.05) is 0 Å². The van der Waals surface area contributed by atoms with Crippen LogP contribution in [0, 0.1) is 5.92 Å². The van der Waals surface area contributed by atoms with Crippen molar-refractivity contribution in [1.82, 2.24) is 10.6 Å². The minimum absolute atomic E-state index is 0. The van der Waals surface area contributed by atoms with E-state index in [0.29, 0.717) is 12.3 Å². The number of hydrogen-bond donors (Lipinski definition) is 3. The fourth-order valence-electron chi connectivity index (χ4n) is 3.06. The Morgan fingerprint density at radius 3 is 2.53 bits per heavy atom. The van der Waals surface area contributed by atoms with Crippen molar-refractivity contribution in [2.75, 3.05) is 13.1 Å². The van der Waals surface area contributed by atoms with E-state index in [1.54, 1.807) is 0 Å². The highest BCUT2D eigenvalue weighted by Crippen LogP contribution is 2.20. The van der Waals surface area contributed by atoms with Crippen molar-refractivity contribution < 1.29 is 9.90 Å². The van der Waals surface area contributed by atoms with E-state index in [0.717, 1.165) is 45.2 Å². The van der Waals surface area contributed by atoms with Gasteiger partial charge in [-0.3, -0.25) is 4.79 Å². The van der Waals surface area contributed by atoms with Crippen LogP contribution < -0.4 is 10.6 Å². The molecule has 1 saturated carbocycles. The Morgan fingerprint density at radius 2 is 1.84 bits per heavy atom. The van der Waals surface area contributed by atoms with Gasteiger partial charge in [0.15, 0.2) is 0 Å². The Morgan fingerprint density at radius 1 is 1.16 bits per heavy atom. The van der Waals surface area contributed by atoms with Crippen molar-refractivity contribution in [3.8, 4) is 0 Å². The largest absolute Gasteiger partial charge is 0.391 e. The summed E-state index contributed by atoms with van der Waals surface area (Å²) in [5.74, 6) is 0.827. The summed E-state index contributed by atoms with van der Waals surface area (Å²) in [5, 5.41) is 16.2. The van der Waals surface area contributed by atoms with Crippen LogP contribution in [0.5, 0.6) is 0 Å². The van der Waals surface area contributed by atoms with E-state index in [-0.39, 0.29) is 30.5 Å². The maximum Gasteiger partial charge on any atom is 0.220 e. The number of hydrogen-bond acceptors (Lipinski definition) is 3. The molecule has 0 unspecified atom stereocenters. The van der Waals surface area contributed by atoms with Gasteiger partial charge in [0.1, 0.15) is 0 Å². The van der Waals surface area contributed by atoms with Crippen LogP contribution >= 0.6 is 12.4 Å².